The van der Waals surface area contributed by atoms with Crippen LogP contribution in [0.1, 0.15) is 43.8 Å². The average molecular weight is 409 g/mol. The zero-order chi connectivity index (χ0) is 19.2. The van der Waals surface area contributed by atoms with Gasteiger partial charge in [0.1, 0.15) is 11.6 Å². The van der Waals surface area contributed by atoms with E-state index in [1.807, 2.05) is 10.6 Å². The summed E-state index contributed by atoms with van der Waals surface area (Å²) >= 11 is 7.01. The summed E-state index contributed by atoms with van der Waals surface area (Å²) in [7, 11) is 0. The van der Waals surface area contributed by atoms with E-state index >= 15 is 0 Å². The second-order valence-corrected chi connectivity index (χ2v) is 7.91. The van der Waals surface area contributed by atoms with Gasteiger partial charge < -0.3 is 9.88 Å². The fourth-order valence-corrected chi connectivity index (χ4v) is 4.19. The number of nitrogens with one attached hydrogen (secondary N) is 1. The van der Waals surface area contributed by atoms with E-state index in [1.54, 1.807) is 0 Å². The molecule has 1 aliphatic carbocycles. The predicted octanol–water partition coefficient (Wildman–Crippen LogP) is 5.04. The Labute approximate surface area is 167 Å². The monoisotopic (exact) mass is 408 g/mol. The number of anilines is 1. The summed E-state index contributed by atoms with van der Waals surface area (Å²) in [5.74, 6) is 0.629. The van der Waals surface area contributed by atoms with Gasteiger partial charge in [-0.25, -0.2) is 4.39 Å². The van der Waals surface area contributed by atoms with Crippen molar-refractivity contribution in [1.29, 1.82) is 0 Å². The molecular formula is C19H22ClFN4OS. The van der Waals surface area contributed by atoms with Crippen LogP contribution in [0.5, 0.6) is 0 Å². The lowest BCUT2D eigenvalue weighted by molar-refractivity contribution is -0.113. The van der Waals surface area contributed by atoms with Gasteiger partial charge in [0.05, 0.1) is 11.4 Å². The molecule has 1 heterocycles. The molecule has 1 saturated carbocycles. The van der Waals surface area contributed by atoms with Gasteiger partial charge >= 0.3 is 0 Å². The molecule has 1 aromatic carbocycles. The van der Waals surface area contributed by atoms with Crippen molar-refractivity contribution in [3.8, 4) is 0 Å². The molecule has 0 atom stereocenters. The van der Waals surface area contributed by atoms with Crippen LogP contribution in [0.15, 0.2) is 36.0 Å². The average Bonchev–Trinajstić information content (AvgIpc) is 3.06. The van der Waals surface area contributed by atoms with Crippen molar-refractivity contribution in [2.45, 2.75) is 49.7 Å². The maximum atomic E-state index is 13.8. The van der Waals surface area contributed by atoms with E-state index in [9.17, 15) is 9.18 Å². The second-order valence-electron chi connectivity index (χ2n) is 6.54. The van der Waals surface area contributed by atoms with Gasteiger partial charge in [0, 0.05) is 17.5 Å². The fourth-order valence-electron chi connectivity index (χ4n) is 3.28. The van der Waals surface area contributed by atoms with Gasteiger partial charge in [-0.05, 0) is 31.0 Å². The number of thioether (sulfide) groups is 1. The molecule has 0 bridgehead atoms. The van der Waals surface area contributed by atoms with Crippen LogP contribution >= 0.6 is 23.4 Å². The molecular weight excluding hydrogens is 387 g/mol. The Hall–Kier alpha value is -1.86. The number of carbonyl (C=O) groups is 1. The van der Waals surface area contributed by atoms with Gasteiger partial charge in [0.2, 0.25) is 5.91 Å². The van der Waals surface area contributed by atoms with E-state index in [0.717, 1.165) is 18.7 Å². The highest BCUT2D eigenvalue weighted by atomic mass is 35.5. The molecule has 1 fully saturated rings. The van der Waals surface area contributed by atoms with Crippen molar-refractivity contribution in [3.05, 3.63) is 47.5 Å². The molecule has 5 nitrogen and oxygen atoms in total. The van der Waals surface area contributed by atoms with Crippen molar-refractivity contribution in [2.24, 2.45) is 0 Å². The van der Waals surface area contributed by atoms with E-state index in [-0.39, 0.29) is 22.4 Å². The minimum absolute atomic E-state index is 0.112. The molecule has 2 aromatic rings. The molecule has 144 valence electrons. The van der Waals surface area contributed by atoms with Crippen molar-refractivity contribution in [2.75, 3.05) is 11.1 Å². The third-order valence-electron chi connectivity index (χ3n) is 4.57. The summed E-state index contributed by atoms with van der Waals surface area (Å²) in [6.07, 6.45) is 7.75. The van der Waals surface area contributed by atoms with Crippen molar-refractivity contribution < 1.29 is 9.18 Å². The number of hydrogen-bond acceptors (Lipinski definition) is 4. The van der Waals surface area contributed by atoms with E-state index in [1.165, 1.54) is 49.2 Å². The molecule has 1 amide bonds. The van der Waals surface area contributed by atoms with Gasteiger partial charge in [0.25, 0.3) is 0 Å². The first kappa shape index (κ1) is 19.9. The first-order chi connectivity index (χ1) is 13.1. The minimum Gasteiger partial charge on any atom is -0.323 e. The zero-order valence-electron chi connectivity index (χ0n) is 15.0. The summed E-state index contributed by atoms with van der Waals surface area (Å²) < 4.78 is 15.8. The molecule has 3 rings (SSSR count). The first-order valence-electron chi connectivity index (χ1n) is 9.00. The maximum absolute atomic E-state index is 13.8. The van der Waals surface area contributed by atoms with Gasteiger partial charge in [-0.3, -0.25) is 4.79 Å². The van der Waals surface area contributed by atoms with E-state index in [0.29, 0.717) is 17.6 Å². The van der Waals surface area contributed by atoms with Crippen molar-refractivity contribution in [3.63, 3.8) is 0 Å². The summed E-state index contributed by atoms with van der Waals surface area (Å²) in [4.78, 5) is 12.2. The number of carbonyl (C=O) groups excluding carboxylic acids is 1. The summed E-state index contributed by atoms with van der Waals surface area (Å²) in [5.41, 5.74) is 0.112. The summed E-state index contributed by atoms with van der Waals surface area (Å²) in [6.45, 7) is 4.42. The molecule has 8 heteroatoms. The number of aromatic nitrogens is 3. The Morgan fingerprint density at radius 3 is 2.85 bits per heavy atom. The van der Waals surface area contributed by atoms with Gasteiger partial charge in [-0.2, -0.15) is 0 Å². The molecule has 1 aromatic heterocycles. The largest absolute Gasteiger partial charge is 0.323 e. The van der Waals surface area contributed by atoms with Crippen LogP contribution < -0.4 is 5.32 Å². The van der Waals surface area contributed by atoms with Gasteiger partial charge in [-0.1, -0.05) is 48.7 Å². The van der Waals surface area contributed by atoms with Gasteiger partial charge in [0.15, 0.2) is 5.16 Å². The summed E-state index contributed by atoms with van der Waals surface area (Å²) in [5, 5.41) is 12.2. The summed E-state index contributed by atoms with van der Waals surface area (Å²) in [6, 6.07) is 4.15. The Morgan fingerprint density at radius 1 is 1.37 bits per heavy atom. The Balaban J connectivity index is 1.65. The Morgan fingerprint density at radius 2 is 2.15 bits per heavy atom. The van der Waals surface area contributed by atoms with Crippen LogP contribution in [-0.2, 0) is 11.3 Å². The normalized spacial score (nSPS) is 14.9. The van der Waals surface area contributed by atoms with Crippen LogP contribution in [0.25, 0.3) is 0 Å². The number of hydrogen-bond donors (Lipinski definition) is 1. The SMILES string of the molecule is C=CCn1c(SCC(=O)Nc2ccc(Cl)cc2F)nnc1C1CCCCC1. The number of allylic oxidation sites excluding steroid dienone is 1. The van der Waals surface area contributed by atoms with Crippen molar-refractivity contribution in [1.82, 2.24) is 14.8 Å². The predicted molar refractivity (Wildman–Crippen MR) is 107 cm³/mol. The van der Waals surface area contributed by atoms with Gasteiger partial charge in [-0.15, -0.1) is 16.8 Å². The molecule has 0 aliphatic heterocycles. The molecule has 0 spiro atoms. The second kappa shape index (κ2) is 9.37. The fraction of sp³-hybridized carbons (Fsp3) is 0.421. The maximum Gasteiger partial charge on any atom is 0.234 e. The van der Waals surface area contributed by atoms with Crippen LogP contribution in [0.3, 0.4) is 0 Å². The van der Waals surface area contributed by atoms with Crippen LogP contribution in [0.2, 0.25) is 5.02 Å². The molecule has 1 N–H and O–H groups in total. The highest BCUT2D eigenvalue weighted by Crippen LogP contribution is 2.33. The minimum atomic E-state index is -0.560. The van der Waals surface area contributed by atoms with Crippen molar-refractivity contribution >= 4 is 35.0 Å². The lowest BCUT2D eigenvalue weighted by Gasteiger charge is -2.21. The standard InChI is InChI=1S/C19H22ClFN4OS/c1-2-10-25-18(13-6-4-3-5-7-13)23-24-19(25)27-12-17(26)22-16-9-8-14(20)11-15(16)21/h2,8-9,11,13H,1,3-7,10,12H2,(H,22,26). The molecule has 0 saturated heterocycles. The number of nitrogens with zero attached hydrogens (tertiary/aromatic N) is 3. The number of amides is 1. The first-order valence-corrected chi connectivity index (χ1v) is 10.4. The Kier molecular flexibility index (Phi) is 6.90. The topological polar surface area (TPSA) is 59.8 Å². The quantitative estimate of drug-likeness (QED) is 0.515. The number of benzene rings is 1. The third-order valence-corrected chi connectivity index (χ3v) is 5.77. The van der Waals surface area contributed by atoms with Crippen LogP contribution in [-0.4, -0.2) is 26.4 Å². The Bertz CT molecular complexity index is 820. The van der Waals surface area contributed by atoms with Crippen LogP contribution in [0.4, 0.5) is 10.1 Å². The number of rotatable bonds is 7. The van der Waals surface area contributed by atoms with E-state index in [4.69, 9.17) is 11.6 Å². The lowest BCUT2D eigenvalue weighted by Crippen LogP contribution is -2.16. The zero-order valence-corrected chi connectivity index (χ0v) is 16.5. The van der Waals surface area contributed by atoms with E-state index < -0.39 is 5.82 Å². The highest BCUT2D eigenvalue weighted by molar-refractivity contribution is 7.99. The lowest BCUT2D eigenvalue weighted by atomic mass is 9.89. The van der Waals surface area contributed by atoms with Crippen LogP contribution in [0, 0.1) is 5.82 Å². The van der Waals surface area contributed by atoms with E-state index in [2.05, 4.69) is 22.1 Å². The highest BCUT2D eigenvalue weighted by Gasteiger charge is 2.23. The third kappa shape index (κ3) is 5.11. The smallest absolute Gasteiger partial charge is 0.234 e. The molecule has 1 aliphatic rings. The molecule has 27 heavy (non-hydrogen) atoms. The number of halogens is 2. The molecule has 0 unspecified atom stereocenters. The molecule has 0 radical (unpaired) electrons.